The largest absolute Gasteiger partial charge is 0.355 e. The Bertz CT molecular complexity index is 906. The molecule has 2 aromatic rings. The van der Waals surface area contributed by atoms with Gasteiger partial charge in [-0.25, -0.2) is 8.42 Å². The number of nitrogens with one attached hydrogen (secondary N) is 1. The van der Waals surface area contributed by atoms with Gasteiger partial charge in [-0.15, -0.1) is 0 Å². The van der Waals surface area contributed by atoms with E-state index in [4.69, 9.17) is 23.2 Å². The summed E-state index contributed by atoms with van der Waals surface area (Å²) in [5, 5.41) is 3.11. The van der Waals surface area contributed by atoms with Crippen molar-refractivity contribution >= 4 is 39.1 Å². The number of rotatable bonds is 6. The fraction of sp³-hybridized carbons (Fsp3) is 0.278. The number of carbonyl (C=O) groups excluding carboxylic acids is 1. The van der Waals surface area contributed by atoms with Crippen molar-refractivity contribution in [2.24, 2.45) is 0 Å². The molecule has 0 bridgehead atoms. The van der Waals surface area contributed by atoms with Gasteiger partial charge in [-0.1, -0.05) is 35.3 Å². The highest BCUT2D eigenvalue weighted by Crippen LogP contribution is 2.35. The summed E-state index contributed by atoms with van der Waals surface area (Å²) < 4.78 is 27.7. The highest BCUT2D eigenvalue weighted by atomic mass is 35.5. The molecule has 0 saturated heterocycles. The third kappa shape index (κ3) is 4.20. The predicted molar refractivity (Wildman–Crippen MR) is 102 cm³/mol. The van der Waals surface area contributed by atoms with E-state index >= 15 is 0 Å². The second kappa shape index (κ2) is 7.56. The monoisotopic (exact) mass is 412 g/mol. The van der Waals surface area contributed by atoms with Gasteiger partial charge in [0.15, 0.2) is 0 Å². The van der Waals surface area contributed by atoms with Crippen LogP contribution >= 0.6 is 23.2 Å². The van der Waals surface area contributed by atoms with Crippen LogP contribution in [0.1, 0.15) is 28.8 Å². The number of carbonyl (C=O) groups is 1. The van der Waals surface area contributed by atoms with Gasteiger partial charge in [0.25, 0.3) is 5.91 Å². The van der Waals surface area contributed by atoms with E-state index in [9.17, 15) is 13.2 Å². The summed E-state index contributed by atoms with van der Waals surface area (Å²) >= 11 is 11.9. The molecule has 8 heteroatoms. The van der Waals surface area contributed by atoms with Crippen LogP contribution in [0.3, 0.4) is 0 Å². The maximum absolute atomic E-state index is 13.1. The number of halogens is 2. The topological polar surface area (TPSA) is 66.5 Å². The van der Waals surface area contributed by atoms with E-state index in [1.807, 2.05) is 0 Å². The quantitative estimate of drug-likeness (QED) is 0.785. The van der Waals surface area contributed by atoms with Crippen molar-refractivity contribution in [3.8, 4) is 0 Å². The molecule has 5 nitrogen and oxygen atoms in total. The minimum absolute atomic E-state index is 0.0311. The van der Waals surface area contributed by atoms with Gasteiger partial charge in [0.1, 0.15) is 0 Å². The SMILES string of the molecule is CNC(=O)c1ccc(CN(C2CC2)S(=O)(=O)c2cc(Cl)cc(Cl)c2)cc1. The Kier molecular flexibility index (Phi) is 5.58. The second-order valence-electron chi connectivity index (χ2n) is 6.16. The maximum Gasteiger partial charge on any atom is 0.251 e. The number of hydrogen-bond donors (Lipinski definition) is 1. The Morgan fingerprint density at radius 3 is 2.19 bits per heavy atom. The third-order valence-corrected chi connectivity index (χ3v) is 6.49. The van der Waals surface area contributed by atoms with Crippen molar-refractivity contribution in [3.05, 3.63) is 63.6 Å². The molecule has 0 aliphatic heterocycles. The molecule has 3 rings (SSSR count). The normalized spacial score (nSPS) is 14.5. The number of nitrogens with zero attached hydrogens (tertiary/aromatic N) is 1. The van der Waals surface area contributed by atoms with Crippen molar-refractivity contribution in [1.82, 2.24) is 9.62 Å². The van der Waals surface area contributed by atoms with E-state index in [0.717, 1.165) is 18.4 Å². The van der Waals surface area contributed by atoms with Gasteiger partial charge in [-0.05, 0) is 48.7 Å². The predicted octanol–water partition coefficient (Wildman–Crippen LogP) is 3.71. The summed E-state index contributed by atoms with van der Waals surface area (Å²) in [7, 11) is -2.16. The lowest BCUT2D eigenvalue weighted by atomic mass is 10.1. The molecular formula is C18H18Cl2N2O3S. The Morgan fingerprint density at radius 1 is 1.12 bits per heavy atom. The first-order valence-electron chi connectivity index (χ1n) is 8.10. The molecule has 0 atom stereocenters. The van der Waals surface area contributed by atoms with Crippen LogP contribution in [-0.4, -0.2) is 31.7 Å². The molecule has 1 N–H and O–H groups in total. The number of benzene rings is 2. The van der Waals surface area contributed by atoms with E-state index < -0.39 is 10.0 Å². The van der Waals surface area contributed by atoms with Crippen molar-refractivity contribution in [1.29, 1.82) is 0 Å². The van der Waals surface area contributed by atoms with Gasteiger partial charge < -0.3 is 5.32 Å². The Morgan fingerprint density at radius 2 is 1.69 bits per heavy atom. The molecule has 1 amide bonds. The fourth-order valence-corrected chi connectivity index (χ4v) is 5.07. The molecular weight excluding hydrogens is 395 g/mol. The van der Waals surface area contributed by atoms with Crippen LogP contribution < -0.4 is 5.32 Å². The van der Waals surface area contributed by atoms with Gasteiger partial charge >= 0.3 is 0 Å². The van der Waals surface area contributed by atoms with E-state index in [1.54, 1.807) is 31.3 Å². The molecule has 0 aromatic heterocycles. The molecule has 0 radical (unpaired) electrons. The lowest BCUT2D eigenvalue weighted by molar-refractivity contribution is 0.0963. The molecule has 0 heterocycles. The van der Waals surface area contributed by atoms with Gasteiger partial charge in [-0.2, -0.15) is 4.31 Å². The van der Waals surface area contributed by atoms with Crippen LogP contribution in [0.4, 0.5) is 0 Å². The summed E-state index contributed by atoms with van der Waals surface area (Å²) in [6.07, 6.45) is 1.65. The van der Waals surface area contributed by atoms with Crippen LogP contribution in [-0.2, 0) is 16.6 Å². The first kappa shape index (κ1) is 19.2. The summed E-state index contributed by atoms with van der Waals surface area (Å²) in [6.45, 7) is 0.227. The van der Waals surface area contributed by atoms with Gasteiger partial charge in [0, 0.05) is 35.2 Å². The molecule has 138 valence electrons. The van der Waals surface area contributed by atoms with Gasteiger partial charge in [0.2, 0.25) is 10.0 Å². The summed E-state index contributed by atoms with van der Waals surface area (Å²) in [6, 6.07) is 11.2. The van der Waals surface area contributed by atoms with Crippen LogP contribution in [0.25, 0.3) is 0 Å². The van der Waals surface area contributed by atoms with Crippen LogP contribution in [0.15, 0.2) is 47.4 Å². The summed E-state index contributed by atoms with van der Waals surface area (Å²) in [5.74, 6) is -0.184. The highest BCUT2D eigenvalue weighted by Gasteiger charge is 2.38. The molecule has 1 saturated carbocycles. The zero-order valence-electron chi connectivity index (χ0n) is 14.1. The molecule has 0 unspecified atom stereocenters. The van der Waals surface area contributed by atoms with Gasteiger partial charge in [0.05, 0.1) is 4.90 Å². The second-order valence-corrected chi connectivity index (χ2v) is 8.93. The van der Waals surface area contributed by atoms with Crippen LogP contribution in [0, 0.1) is 0 Å². The van der Waals surface area contributed by atoms with Gasteiger partial charge in [-0.3, -0.25) is 4.79 Å². The Hall–Kier alpha value is -1.60. The zero-order valence-corrected chi connectivity index (χ0v) is 16.4. The van der Waals surface area contributed by atoms with Crippen molar-refractivity contribution in [2.75, 3.05) is 7.05 Å². The summed E-state index contributed by atoms with van der Waals surface area (Å²) in [4.78, 5) is 11.7. The van der Waals surface area contributed by atoms with E-state index in [0.29, 0.717) is 5.56 Å². The van der Waals surface area contributed by atoms with Crippen LogP contribution in [0.5, 0.6) is 0 Å². The van der Waals surface area contributed by atoms with E-state index in [2.05, 4.69) is 5.32 Å². The van der Waals surface area contributed by atoms with E-state index in [1.165, 1.54) is 22.5 Å². The Labute approximate surface area is 163 Å². The lowest BCUT2D eigenvalue weighted by Gasteiger charge is -2.22. The van der Waals surface area contributed by atoms with Crippen molar-refractivity contribution in [3.63, 3.8) is 0 Å². The minimum Gasteiger partial charge on any atom is -0.355 e. The average molecular weight is 413 g/mol. The van der Waals surface area contributed by atoms with E-state index in [-0.39, 0.29) is 33.4 Å². The number of hydrogen-bond acceptors (Lipinski definition) is 3. The maximum atomic E-state index is 13.1. The lowest BCUT2D eigenvalue weighted by Crippen LogP contribution is -2.32. The van der Waals surface area contributed by atoms with Crippen LogP contribution in [0.2, 0.25) is 10.0 Å². The summed E-state index contributed by atoms with van der Waals surface area (Å²) in [5.41, 5.74) is 1.33. The highest BCUT2D eigenvalue weighted by molar-refractivity contribution is 7.89. The Balaban J connectivity index is 1.88. The average Bonchev–Trinajstić information content (AvgIpc) is 3.43. The third-order valence-electron chi connectivity index (χ3n) is 4.18. The number of sulfonamides is 1. The standard InChI is InChI=1S/C18H18Cl2N2O3S/c1-21-18(23)13-4-2-12(3-5-13)11-22(16-6-7-16)26(24,25)17-9-14(19)8-15(20)10-17/h2-5,8-10,16H,6-7,11H2,1H3,(H,21,23). The molecule has 1 aliphatic rings. The first-order chi connectivity index (χ1) is 12.3. The first-order valence-corrected chi connectivity index (χ1v) is 10.3. The van der Waals surface area contributed by atoms with Crippen molar-refractivity contribution in [2.45, 2.75) is 30.3 Å². The molecule has 2 aromatic carbocycles. The minimum atomic E-state index is -3.73. The molecule has 1 aliphatic carbocycles. The fourth-order valence-electron chi connectivity index (χ4n) is 2.67. The number of amides is 1. The smallest absolute Gasteiger partial charge is 0.251 e. The molecule has 0 spiro atoms. The molecule has 1 fully saturated rings. The van der Waals surface area contributed by atoms with Crippen molar-refractivity contribution < 1.29 is 13.2 Å². The molecule has 26 heavy (non-hydrogen) atoms. The zero-order chi connectivity index (χ0) is 18.9.